The van der Waals surface area contributed by atoms with Crippen LogP contribution in [0.3, 0.4) is 0 Å². The molecule has 1 saturated heterocycles. The zero-order valence-corrected chi connectivity index (χ0v) is 10.7. The summed E-state index contributed by atoms with van der Waals surface area (Å²) in [5.41, 5.74) is 6.58. The Kier molecular flexibility index (Phi) is 3.72. The summed E-state index contributed by atoms with van der Waals surface area (Å²) in [6, 6.07) is 5.04. The molecule has 0 radical (unpaired) electrons. The van der Waals surface area contributed by atoms with Crippen molar-refractivity contribution in [2.75, 3.05) is 25.7 Å². The second-order valence-corrected chi connectivity index (χ2v) is 4.28. The summed E-state index contributed by atoms with van der Waals surface area (Å²) in [6.07, 6.45) is 1.67. The second-order valence-electron chi connectivity index (χ2n) is 4.28. The number of hydrogen-bond donors (Lipinski definition) is 1. The van der Waals surface area contributed by atoms with E-state index in [-0.39, 0.29) is 5.91 Å². The largest absolute Gasteiger partial charge is 0.493 e. The van der Waals surface area contributed by atoms with Crippen molar-refractivity contribution < 1.29 is 14.3 Å². The van der Waals surface area contributed by atoms with Gasteiger partial charge in [-0.05, 0) is 25.0 Å². The van der Waals surface area contributed by atoms with E-state index in [1.54, 1.807) is 31.3 Å². The molecule has 5 heteroatoms. The number of piperidine rings is 1. The standard InChI is InChI=1S/C13H18N2O3/c1-17-11-6-5-9(8-12(11)18-2)15-7-3-4-10(14)13(15)16/h5-6,8,10H,3-4,7,14H2,1-2H3. The van der Waals surface area contributed by atoms with E-state index in [0.717, 1.165) is 18.5 Å². The molecule has 1 amide bonds. The van der Waals surface area contributed by atoms with Crippen molar-refractivity contribution in [3.63, 3.8) is 0 Å². The van der Waals surface area contributed by atoms with Gasteiger partial charge in [-0.3, -0.25) is 4.79 Å². The molecule has 0 bridgehead atoms. The third-order valence-corrected chi connectivity index (χ3v) is 3.16. The highest BCUT2D eigenvalue weighted by Gasteiger charge is 2.27. The summed E-state index contributed by atoms with van der Waals surface area (Å²) in [4.78, 5) is 13.7. The van der Waals surface area contributed by atoms with Gasteiger partial charge in [-0.15, -0.1) is 0 Å². The van der Waals surface area contributed by atoms with E-state index in [4.69, 9.17) is 15.2 Å². The van der Waals surface area contributed by atoms with Crippen LogP contribution < -0.4 is 20.1 Å². The van der Waals surface area contributed by atoms with Crippen LogP contribution in [0.15, 0.2) is 18.2 Å². The normalized spacial score (nSPS) is 19.8. The van der Waals surface area contributed by atoms with E-state index in [9.17, 15) is 4.79 Å². The van der Waals surface area contributed by atoms with E-state index in [0.29, 0.717) is 18.0 Å². The number of carbonyl (C=O) groups excluding carboxylic acids is 1. The number of nitrogens with zero attached hydrogens (tertiary/aromatic N) is 1. The van der Waals surface area contributed by atoms with Crippen molar-refractivity contribution in [3.05, 3.63) is 18.2 Å². The Morgan fingerprint density at radius 1 is 1.28 bits per heavy atom. The maximum absolute atomic E-state index is 12.0. The van der Waals surface area contributed by atoms with Gasteiger partial charge in [0, 0.05) is 18.3 Å². The van der Waals surface area contributed by atoms with Gasteiger partial charge in [0.1, 0.15) is 0 Å². The molecule has 18 heavy (non-hydrogen) atoms. The molecule has 1 aliphatic heterocycles. The van der Waals surface area contributed by atoms with E-state index in [1.807, 2.05) is 6.07 Å². The summed E-state index contributed by atoms with van der Waals surface area (Å²) in [5, 5.41) is 0. The van der Waals surface area contributed by atoms with Crippen LogP contribution in [-0.4, -0.2) is 32.7 Å². The number of benzene rings is 1. The third kappa shape index (κ3) is 2.26. The highest BCUT2D eigenvalue weighted by Crippen LogP contribution is 2.32. The summed E-state index contributed by atoms with van der Waals surface area (Å²) in [7, 11) is 3.16. The molecular weight excluding hydrogens is 232 g/mol. The minimum absolute atomic E-state index is 0.0338. The fourth-order valence-electron chi connectivity index (χ4n) is 2.15. The van der Waals surface area contributed by atoms with Gasteiger partial charge in [-0.2, -0.15) is 0 Å². The van der Waals surface area contributed by atoms with Gasteiger partial charge in [0.25, 0.3) is 0 Å². The smallest absolute Gasteiger partial charge is 0.243 e. The molecule has 2 N–H and O–H groups in total. The zero-order chi connectivity index (χ0) is 13.1. The molecule has 98 valence electrons. The van der Waals surface area contributed by atoms with Gasteiger partial charge in [0.2, 0.25) is 5.91 Å². The molecule has 0 saturated carbocycles. The molecule has 0 aromatic heterocycles. The van der Waals surface area contributed by atoms with Crippen molar-refractivity contribution in [3.8, 4) is 11.5 Å². The Balaban J connectivity index is 2.30. The van der Waals surface area contributed by atoms with Crippen molar-refractivity contribution in [2.24, 2.45) is 5.73 Å². The fourth-order valence-corrected chi connectivity index (χ4v) is 2.15. The Morgan fingerprint density at radius 3 is 2.67 bits per heavy atom. The SMILES string of the molecule is COc1ccc(N2CCCC(N)C2=O)cc1OC. The number of anilines is 1. The third-order valence-electron chi connectivity index (χ3n) is 3.16. The molecule has 1 aromatic rings. The number of carbonyl (C=O) groups is 1. The van der Waals surface area contributed by atoms with Crippen molar-refractivity contribution in [1.82, 2.24) is 0 Å². The molecule has 0 spiro atoms. The quantitative estimate of drug-likeness (QED) is 0.874. The first kappa shape index (κ1) is 12.7. The van der Waals surface area contributed by atoms with Crippen LogP contribution >= 0.6 is 0 Å². The Morgan fingerprint density at radius 2 is 2.00 bits per heavy atom. The van der Waals surface area contributed by atoms with Gasteiger partial charge in [-0.25, -0.2) is 0 Å². The van der Waals surface area contributed by atoms with Crippen LogP contribution in [0.4, 0.5) is 5.69 Å². The number of nitrogens with two attached hydrogens (primary N) is 1. The van der Waals surface area contributed by atoms with Gasteiger partial charge in [-0.1, -0.05) is 0 Å². The molecule has 1 aromatic carbocycles. The van der Waals surface area contributed by atoms with Gasteiger partial charge < -0.3 is 20.1 Å². The Bertz CT molecular complexity index is 448. The molecule has 0 aliphatic carbocycles. The summed E-state index contributed by atoms with van der Waals surface area (Å²) >= 11 is 0. The Labute approximate surface area is 106 Å². The lowest BCUT2D eigenvalue weighted by Crippen LogP contribution is -2.48. The van der Waals surface area contributed by atoms with Crippen LogP contribution in [0.25, 0.3) is 0 Å². The van der Waals surface area contributed by atoms with Crippen molar-refractivity contribution in [1.29, 1.82) is 0 Å². The summed E-state index contributed by atoms with van der Waals surface area (Å²) in [6.45, 7) is 0.696. The number of ether oxygens (including phenoxy) is 2. The van der Waals surface area contributed by atoms with Gasteiger partial charge in [0.15, 0.2) is 11.5 Å². The molecule has 1 fully saturated rings. The number of methoxy groups -OCH3 is 2. The number of rotatable bonds is 3. The first-order chi connectivity index (χ1) is 8.67. The lowest BCUT2D eigenvalue weighted by molar-refractivity contribution is -0.120. The van der Waals surface area contributed by atoms with Crippen molar-refractivity contribution >= 4 is 11.6 Å². The first-order valence-electron chi connectivity index (χ1n) is 5.96. The minimum Gasteiger partial charge on any atom is -0.493 e. The van der Waals surface area contributed by atoms with E-state index in [1.165, 1.54) is 0 Å². The maximum atomic E-state index is 12.0. The van der Waals surface area contributed by atoms with Crippen molar-refractivity contribution in [2.45, 2.75) is 18.9 Å². The fraction of sp³-hybridized carbons (Fsp3) is 0.462. The highest BCUT2D eigenvalue weighted by molar-refractivity contribution is 5.98. The highest BCUT2D eigenvalue weighted by atomic mass is 16.5. The van der Waals surface area contributed by atoms with E-state index >= 15 is 0 Å². The zero-order valence-electron chi connectivity index (χ0n) is 10.7. The second kappa shape index (κ2) is 5.27. The number of hydrogen-bond acceptors (Lipinski definition) is 4. The number of amides is 1. The van der Waals surface area contributed by atoms with Crippen LogP contribution in [0.1, 0.15) is 12.8 Å². The Hall–Kier alpha value is -1.75. The molecule has 1 unspecified atom stereocenters. The van der Waals surface area contributed by atoms with E-state index < -0.39 is 6.04 Å². The lowest BCUT2D eigenvalue weighted by Gasteiger charge is -2.30. The average molecular weight is 250 g/mol. The van der Waals surface area contributed by atoms with E-state index in [2.05, 4.69) is 0 Å². The van der Waals surface area contributed by atoms with Crippen LogP contribution in [0, 0.1) is 0 Å². The van der Waals surface area contributed by atoms with Crippen LogP contribution in [-0.2, 0) is 4.79 Å². The molecule has 1 heterocycles. The monoisotopic (exact) mass is 250 g/mol. The first-order valence-corrected chi connectivity index (χ1v) is 5.96. The predicted molar refractivity (Wildman–Crippen MR) is 69.1 cm³/mol. The topological polar surface area (TPSA) is 64.8 Å². The predicted octanol–water partition coefficient (Wildman–Crippen LogP) is 1.16. The maximum Gasteiger partial charge on any atom is 0.243 e. The summed E-state index contributed by atoms with van der Waals surface area (Å²) < 4.78 is 10.4. The molecular formula is C13H18N2O3. The molecule has 5 nitrogen and oxygen atoms in total. The van der Waals surface area contributed by atoms with Gasteiger partial charge in [0.05, 0.1) is 20.3 Å². The average Bonchev–Trinajstić information content (AvgIpc) is 2.41. The lowest BCUT2D eigenvalue weighted by atomic mass is 10.0. The minimum atomic E-state index is -0.396. The molecule has 1 aliphatic rings. The van der Waals surface area contributed by atoms with Crippen LogP contribution in [0.5, 0.6) is 11.5 Å². The molecule has 2 rings (SSSR count). The van der Waals surface area contributed by atoms with Crippen LogP contribution in [0.2, 0.25) is 0 Å². The summed E-state index contributed by atoms with van der Waals surface area (Å²) in [5.74, 6) is 1.23. The van der Waals surface area contributed by atoms with Gasteiger partial charge >= 0.3 is 0 Å². The molecule has 1 atom stereocenters.